The smallest absolute Gasteiger partial charge is 0.122 e. The second-order valence-corrected chi connectivity index (χ2v) is 7.28. The number of hydrogen-bond donors (Lipinski definition) is 0. The lowest BCUT2D eigenvalue weighted by Gasteiger charge is -2.38. The van der Waals surface area contributed by atoms with Crippen LogP contribution < -0.4 is 4.74 Å². The van der Waals surface area contributed by atoms with Crippen molar-refractivity contribution in [1.82, 2.24) is 4.90 Å². The number of benzene rings is 1. The molecule has 21 heavy (non-hydrogen) atoms. The molecule has 112 valence electrons. The van der Waals surface area contributed by atoms with E-state index in [2.05, 4.69) is 43.2 Å². The summed E-state index contributed by atoms with van der Waals surface area (Å²) in [5.41, 5.74) is 4.90. The molecule has 0 saturated heterocycles. The van der Waals surface area contributed by atoms with E-state index in [0.29, 0.717) is 5.92 Å². The van der Waals surface area contributed by atoms with Gasteiger partial charge in [0.2, 0.25) is 0 Å². The Morgan fingerprint density at radius 2 is 2.19 bits per heavy atom. The Kier molecular flexibility index (Phi) is 2.94. The van der Waals surface area contributed by atoms with Crippen molar-refractivity contribution in [1.29, 1.82) is 0 Å². The fraction of sp³-hybridized carbons (Fsp3) is 0.579. The van der Waals surface area contributed by atoms with Gasteiger partial charge in [0.05, 0.1) is 7.11 Å². The summed E-state index contributed by atoms with van der Waals surface area (Å²) in [6, 6.07) is 4.49. The SMILES string of the molecule is COc1ccc2c3c1CC1CC(C)C=CC31CCN(C)C2. The van der Waals surface area contributed by atoms with Gasteiger partial charge < -0.3 is 9.64 Å². The van der Waals surface area contributed by atoms with Crippen LogP contribution in [0.2, 0.25) is 0 Å². The van der Waals surface area contributed by atoms with Crippen LogP contribution in [0.25, 0.3) is 0 Å². The lowest BCUT2D eigenvalue weighted by molar-refractivity contribution is 0.245. The molecule has 3 aliphatic rings. The molecule has 1 aromatic carbocycles. The molecule has 0 amide bonds. The summed E-state index contributed by atoms with van der Waals surface area (Å²) in [7, 11) is 4.06. The van der Waals surface area contributed by atoms with Crippen LogP contribution in [0, 0.1) is 11.8 Å². The number of allylic oxidation sites excluding steroid dienone is 2. The monoisotopic (exact) mass is 283 g/mol. The molecule has 0 aromatic heterocycles. The number of methoxy groups -OCH3 is 1. The molecule has 3 atom stereocenters. The molecule has 0 saturated carbocycles. The average molecular weight is 283 g/mol. The number of rotatable bonds is 1. The van der Waals surface area contributed by atoms with E-state index in [4.69, 9.17) is 4.74 Å². The van der Waals surface area contributed by atoms with Gasteiger partial charge in [-0.15, -0.1) is 0 Å². The summed E-state index contributed by atoms with van der Waals surface area (Å²) < 4.78 is 5.69. The van der Waals surface area contributed by atoms with E-state index in [9.17, 15) is 0 Å². The van der Waals surface area contributed by atoms with Crippen molar-refractivity contribution in [3.63, 3.8) is 0 Å². The lowest BCUT2D eigenvalue weighted by Crippen LogP contribution is -2.35. The van der Waals surface area contributed by atoms with Gasteiger partial charge in [-0.25, -0.2) is 0 Å². The minimum atomic E-state index is 0.274. The molecule has 0 N–H and O–H groups in total. The molecule has 1 heterocycles. The Morgan fingerprint density at radius 3 is 3.00 bits per heavy atom. The van der Waals surface area contributed by atoms with E-state index in [1.807, 2.05) is 7.11 Å². The summed E-state index contributed by atoms with van der Waals surface area (Å²) in [6.07, 6.45) is 8.78. The fourth-order valence-corrected chi connectivity index (χ4v) is 4.95. The molecule has 3 unspecified atom stereocenters. The van der Waals surface area contributed by atoms with Crippen molar-refractivity contribution in [2.24, 2.45) is 11.8 Å². The van der Waals surface area contributed by atoms with Crippen molar-refractivity contribution in [2.45, 2.75) is 38.1 Å². The zero-order chi connectivity index (χ0) is 14.6. The van der Waals surface area contributed by atoms with Crippen LogP contribution in [-0.2, 0) is 18.4 Å². The highest BCUT2D eigenvalue weighted by Crippen LogP contribution is 2.56. The third-order valence-electron chi connectivity index (χ3n) is 5.95. The minimum Gasteiger partial charge on any atom is -0.496 e. The van der Waals surface area contributed by atoms with Crippen molar-refractivity contribution in [3.8, 4) is 5.75 Å². The minimum absolute atomic E-state index is 0.274. The molecular weight excluding hydrogens is 258 g/mol. The molecule has 0 bridgehead atoms. The van der Waals surface area contributed by atoms with Gasteiger partial charge in [0.25, 0.3) is 0 Å². The van der Waals surface area contributed by atoms with Crippen molar-refractivity contribution < 1.29 is 4.74 Å². The summed E-state index contributed by atoms with van der Waals surface area (Å²) in [5, 5.41) is 0. The highest BCUT2D eigenvalue weighted by Gasteiger charge is 2.49. The number of ether oxygens (including phenoxy) is 1. The zero-order valence-electron chi connectivity index (χ0n) is 13.4. The number of hydrogen-bond acceptors (Lipinski definition) is 2. The summed E-state index contributed by atoms with van der Waals surface area (Å²) in [4.78, 5) is 2.47. The zero-order valence-corrected chi connectivity index (χ0v) is 13.4. The van der Waals surface area contributed by atoms with E-state index in [1.165, 1.54) is 36.9 Å². The molecule has 0 radical (unpaired) electrons. The molecule has 1 spiro atoms. The first-order valence-corrected chi connectivity index (χ1v) is 8.21. The van der Waals surface area contributed by atoms with E-state index < -0.39 is 0 Å². The molecule has 0 fully saturated rings. The molecular formula is C19H25NO. The second-order valence-electron chi connectivity index (χ2n) is 7.28. The van der Waals surface area contributed by atoms with Crippen molar-refractivity contribution in [3.05, 3.63) is 41.0 Å². The van der Waals surface area contributed by atoms with Crippen LogP contribution >= 0.6 is 0 Å². The van der Waals surface area contributed by atoms with Gasteiger partial charge in [-0.2, -0.15) is 0 Å². The highest BCUT2D eigenvalue weighted by molar-refractivity contribution is 5.56. The van der Waals surface area contributed by atoms with E-state index in [-0.39, 0.29) is 5.41 Å². The Labute approximate surface area is 127 Å². The van der Waals surface area contributed by atoms with Gasteiger partial charge in [-0.1, -0.05) is 25.1 Å². The largest absolute Gasteiger partial charge is 0.496 e. The van der Waals surface area contributed by atoms with E-state index in [0.717, 1.165) is 18.2 Å². The Bertz CT molecular complexity index is 606. The fourth-order valence-electron chi connectivity index (χ4n) is 4.95. The maximum absolute atomic E-state index is 5.69. The molecule has 1 aliphatic heterocycles. The van der Waals surface area contributed by atoms with Crippen LogP contribution in [0.5, 0.6) is 5.75 Å². The molecule has 2 aliphatic carbocycles. The first kappa shape index (κ1) is 13.4. The van der Waals surface area contributed by atoms with Gasteiger partial charge in [0, 0.05) is 12.0 Å². The summed E-state index contributed by atoms with van der Waals surface area (Å²) >= 11 is 0. The maximum Gasteiger partial charge on any atom is 0.122 e. The summed E-state index contributed by atoms with van der Waals surface area (Å²) in [5.74, 6) is 2.58. The van der Waals surface area contributed by atoms with Crippen LogP contribution in [0.4, 0.5) is 0 Å². The van der Waals surface area contributed by atoms with Gasteiger partial charge in [-0.3, -0.25) is 0 Å². The van der Waals surface area contributed by atoms with E-state index in [1.54, 1.807) is 5.56 Å². The highest BCUT2D eigenvalue weighted by atomic mass is 16.5. The van der Waals surface area contributed by atoms with Gasteiger partial charge >= 0.3 is 0 Å². The van der Waals surface area contributed by atoms with Crippen LogP contribution in [0.3, 0.4) is 0 Å². The Balaban J connectivity index is 1.95. The molecule has 2 heteroatoms. The van der Waals surface area contributed by atoms with Crippen LogP contribution in [-0.4, -0.2) is 25.6 Å². The second kappa shape index (κ2) is 4.61. The molecule has 4 rings (SSSR count). The average Bonchev–Trinajstić information content (AvgIpc) is 2.72. The van der Waals surface area contributed by atoms with Crippen LogP contribution in [0.15, 0.2) is 24.3 Å². The van der Waals surface area contributed by atoms with Crippen LogP contribution in [0.1, 0.15) is 36.5 Å². The van der Waals surface area contributed by atoms with Crippen molar-refractivity contribution in [2.75, 3.05) is 20.7 Å². The third kappa shape index (κ3) is 1.81. The van der Waals surface area contributed by atoms with E-state index >= 15 is 0 Å². The first-order valence-electron chi connectivity index (χ1n) is 8.21. The number of nitrogens with zero attached hydrogens (tertiary/aromatic N) is 1. The topological polar surface area (TPSA) is 12.5 Å². The molecule has 2 nitrogen and oxygen atoms in total. The molecule has 1 aromatic rings. The predicted octanol–water partition coefficient (Wildman–Crippen LogP) is 3.54. The Hall–Kier alpha value is -1.28. The lowest BCUT2D eigenvalue weighted by atomic mass is 9.65. The van der Waals surface area contributed by atoms with Gasteiger partial charge in [-0.05, 0) is 67.4 Å². The quantitative estimate of drug-likeness (QED) is 0.731. The van der Waals surface area contributed by atoms with Gasteiger partial charge in [0.15, 0.2) is 0 Å². The normalized spacial score (nSPS) is 34.2. The Morgan fingerprint density at radius 1 is 1.33 bits per heavy atom. The first-order chi connectivity index (χ1) is 10.1. The predicted molar refractivity (Wildman–Crippen MR) is 85.7 cm³/mol. The maximum atomic E-state index is 5.69. The van der Waals surface area contributed by atoms with Gasteiger partial charge in [0.1, 0.15) is 5.75 Å². The van der Waals surface area contributed by atoms with Crippen molar-refractivity contribution >= 4 is 0 Å². The third-order valence-corrected chi connectivity index (χ3v) is 5.95. The standard InChI is InChI=1S/C19H25NO/c1-13-6-7-19-8-9-20(2)12-14-4-5-17(21-3)16(18(14)19)11-15(19)10-13/h4-7,13,15H,8-12H2,1-3H3. The summed E-state index contributed by atoms with van der Waals surface area (Å²) in [6.45, 7) is 4.61.